The Bertz CT molecular complexity index is 1110. The molecule has 1 aliphatic heterocycles. The smallest absolute Gasteiger partial charge is 0.132 e. The van der Waals surface area contributed by atoms with Crippen LogP contribution in [0.15, 0.2) is 30.3 Å². The quantitative estimate of drug-likeness (QED) is 0.318. The standard InChI is InChI=1S/C29H41N3O4/c1-6-8-14-31(19-21-12-15-36-16-13-21)29-23(7-2)30-32-24(10-9-11-25(29)32)28-26(34-4)17-22(20-33-3)18-27(28)35-5/h9-11,17-18,21H,6-8,12-16,19-20H2,1-5H3. The molecule has 1 aromatic carbocycles. The largest absolute Gasteiger partial charge is 0.496 e. The van der Waals surface area contributed by atoms with Gasteiger partial charge in [0.25, 0.3) is 0 Å². The van der Waals surface area contributed by atoms with Gasteiger partial charge >= 0.3 is 0 Å². The number of benzene rings is 1. The Kier molecular flexibility index (Phi) is 9.10. The normalized spacial score (nSPS) is 14.4. The zero-order chi connectivity index (χ0) is 25.5. The Morgan fingerprint density at radius 3 is 2.39 bits per heavy atom. The number of methoxy groups -OCH3 is 3. The Balaban J connectivity index is 1.85. The summed E-state index contributed by atoms with van der Waals surface area (Å²) < 4.78 is 24.8. The minimum absolute atomic E-state index is 0.488. The van der Waals surface area contributed by atoms with Crippen LogP contribution in [-0.2, 0) is 22.5 Å². The van der Waals surface area contributed by atoms with Gasteiger partial charge in [-0.15, -0.1) is 0 Å². The van der Waals surface area contributed by atoms with Crippen LogP contribution in [0.2, 0.25) is 0 Å². The van der Waals surface area contributed by atoms with Gasteiger partial charge in [0.05, 0.1) is 49.0 Å². The molecule has 3 aromatic rings. The maximum Gasteiger partial charge on any atom is 0.132 e. The molecule has 0 bridgehead atoms. The molecule has 0 atom stereocenters. The van der Waals surface area contributed by atoms with Crippen molar-refractivity contribution < 1.29 is 18.9 Å². The Hall–Kier alpha value is -2.77. The highest BCUT2D eigenvalue weighted by Crippen LogP contribution is 2.41. The molecule has 36 heavy (non-hydrogen) atoms. The van der Waals surface area contributed by atoms with Crippen molar-refractivity contribution in [3.63, 3.8) is 0 Å². The van der Waals surface area contributed by atoms with Crippen LogP contribution in [0.3, 0.4) is 0 Å². The maximum atomic E-state index is 5.84. The van der Waals surface area contributed by atoms with Gasteiger partial charge in [-0.05, 0) is 61.4 Å². The molecule has 7 nitrogen and oxygen atoms in total. The fourth-order valence-corrected chi connectivity index (χ4v) is 5.23. The molecule has 4 rings (SSSR count). The van der Waals surface area contributed by atoms with Crippen LogP contribution in [-0.4, -0.2) is 57.2 Å². The van der Waals surface area contributed by atoms with Gasteiger partial charge in [-0.3, -0.25) is 0 Å². The molecular weight excluding hydrogens is 454 g/mol. The Morgan fingerprint density at radius 2 is 1.78 bits per heavy atom. The van der Waals surface area contributed by atoms with Gasteiger partial charge in [0.15, 0.2) is 0 Å². The summed E-state index contributed by atoms with van der Waals surface area (Å²) in [5.74, 6) is 2.13. The summed E-state index contributed by atoms with van der Waals surface area (Å²) in [6.45, 7) is 8.74. The Labute approximate surface area is 215 Å². The van der Waals surface area contributed by atoms with Gasteiger partial charge < -0.3 is 23.8 Å². The van der Waals surface area contributed by atoms with Gasteiger partial charge in [-0.25, -0.2) is 4.52 Å². The second kappa shape index (κ2) is 12.5. The fraction of sp³-hybridized carbons (Fsp3) is 0.552. The number of unbranched alkanes of at least 4 members (excludes halogenated alkanes) is 1. The minimum Gasteiger partial charge on any atom is -0.496 e. The zero-order valence-electron chi connectivity index (χ0n) is 22.5. The summed E-state index contributed by atoms with van der Waals surface area (Å²) in [4.78, 5) is 2.58. The number of aryl methyl sites for hydroxylation is 1. The van der Waals surface area contributed by atoms with Crippen LogP contribution in [0.5, 0.6) is 11.5 Å². The SMILES string of the molecule is CCCCN(CC1CCOCC1)c1c(CC)nn2c(-c3c(OC)cc(COC)cc3OC)cccc12. The van der Waals surface area contributed by atoms with Gasteiger partial charge in [0.2, 0.25) is 0 Å². The first-order chi connectivity index (χ1) is 17.6. The second-order valence-electron chi connectivity index (χ2n) is 9.52. The third-order valence-electron chi connectivity index (χ3n) is 7.09. The summed E-state index contributed by atoms with van der Waals surface area (Å²) >= 11 is 0. The topological polar surface area (TPSA) is 57.5 Å². The predicted octanol–water partition coefficient (Wildman–Crippen LogP) is 5.76. The first kappa shape index (κ1) is 26.3. The number of nitrogens with zero attached hydrogens (tertiary/aromatic N) is 3. The van der Waals surface area contributed by atoms with E-state index in [1.165, 1.54) is 12.1 Å². The predicted molar refractivity (Wildman–Crippen MR) is 144 cm³/mol. The van der Waals surface area contributed by atoms with E-state index >= 15 is 0 Å². The summed E-state index contributed by atoms with van der Waals surface area (Å²) in [5.41, 5.74) is 6.35. The van der Waals surface area contributed by atoms with Crippen LogP contribution < -0.4 is 14.4 Å². The monoisotopic (exact) mass is 495 g/mol. The van der Waals surface area contributed by atoms with Crippen LogP contribution in [0.4, 0.5) is 5.69 Å². The van der Waals surface area contributed by atoms with E-state index in [0.717, 1.165) is 91.5 Å². The van der Waals surface area contributed by atoms with Crippen molar-refractivity contribution in [1.82, 2.24) is 9.61 Å². The van der Waals surface area contributed by atoms with E-state index in [2.05, 4.69) is 41.5 Å². The van der Waals surface area contributed by atoms with Crippen molar-refractivity contribution >= 4 is 11.2 Å². The first-order valence-corrected chi connectivity index (χ1v) is 13.2. The fourth-order valence-electron chi connectivity index (χ4n) is 5.23. The average molecular weight is 496 g/mol. The van der Waals surface area contributed by atoms with Gasteiger partial charge in [0, 0.05) is 33.4 Å². The number of ether oxygens (including phenoxy) is 4. The van der Waals surface area contributed by atoms with E-state index in [4.69, 9.17) is 24.0 Å². The molecule has 1 saturated heterocycles. The minimum atomic E-state index is 0.488. The number of aromatic nitrogens is 2. The molecule has 0 saturated carbocycles. The van der Waals surface area contributed by atoms with Gasteiger partial charge in [0.1, 0.15) is 11.5 Å². The number of hydrogen-bond acceptors (Lipinski definition) is 6. The molecule has 3 heterocycles. The highest BCUT2D eigenvalue weighted by Gasteiger charge is 2.25. The van der Waals surface area contributed by atoms with E-state index in [1.807, 2.05) is 12.1 Å². The summed E-state index contributed by atoms with van der Waals surface area (Å²) in [6, 6.07) is 10.4. The lowest BCUT2D eigenvalue weighted by atomic mass is 9.99. The van der Waals surface area contributed by atoms with Gasteiger partial charge in [-0.1, -0.05) is 26.3 Å². The van der Waals surface area contributed by atoms with E-state index in [-0.39, 0.29) is 0 Å². The van der Waals surface area contributed by atoms with Crippen molar-refractivity contribution in [2.45, 2.75) is 52.6 Å². The third kappa shape index (κ3) is 5.47. The number of hydrogen-bond donors (Lipinski definition) is 0. The number of rotatable bonds is 12. The first-order valence-electron chi connectivity index (χ1n) is 13.2. The van der Waals surface area contributed by atoms with Crippen molar-refractivity contribution in [2.75, 3.05) is 52.5 Å². The number of pyridine rings is 1. The molecule has 0 N–H and O–H groups in total. The lowest BCUT2D eigenvalue weighted by Crippen LogP contribution is -2.33. The van der Waals surface area contributed by atoms with Crippen molar-refractivity contribution in [1.29, 1.82) is 0 Å². The van der Waals surface area contributed by atoms with Crippen LogP contribution in [0, 0.1) is 5.92 Å². The van der Waals surface area contributed by atoms with E-state index < -0.39 is 0 Å². The summed E-state index contributed by atoms with van der Waals surface area (Å²) in [6.07, 6.45) is 5.44. The third-order valence-corrected chi connectivity index (χ3v) is 7.09. The van der Waals surface area contributed by atoms with E-state index in [1.54, 1.807) is 21.3 Å². The van der Waals surface area contributed by atoms with Crippen molar-refractivity contribution in [3.05, 3.63) is 41.6 Å². The highest BCUT2D eigenvalue weighted by molar-refractivity contribution is 5.82. The molecule has 0 unspecified atom stereocenters. The molecule has 0 aliphatic carbocycles. The number of anilines is 1. The lowest BCUT2D eigenvalue weighted by molar-refractivity contribution is 0.0682. The van der Waals surface area contributed by atoms with Crippen LogP contribution >= 0.6 is 0 Å². The molecule has 0 spiro atoms. The zero-order valence-corrected chi connectivity index (χ0v) is 22.5. The molecule has 0 radical (unpaired) electrons. The maximum absolute atomic E-state index is 5.84. The Morgan fingerprint density at radius 1 is 1.06 bits per heavy atom. The molecular formula is C29H41N3O4. The summed E-state index contributed by atoms with van der Waals surface area (Å²) in [7, 11) is 5.08. The molecule has 2 aromatic heterocycles. The van der Waals surface area contributed by atoms with Crippen LogP contribution in [0.1, 0.15) is 50.8 Å². The van der Waals surface area contributed by atoms with Gasteiger partial charge in [-0.2, -0.15) is 5.10 Å². The lowest BCUT2D eigenvalue weighted by Gasteiger charge is -2.31. The number of fused-ring (bicyclic) bond motifs is 1. The summed E-state index contributed by atoms with van der Waals surface area (Å²) in [5, 5.41) is 5.15. The molecule has 7 heteroatoms. The highest BCUT2D eigenvalue weighted by atomic mass is 16.5. The molecule has 196 valence electrons. The average Bonchev–Trinajstić information content (AvgIpc) is 3.30. The second-order valence-corrected chi connectivity index (χ2v) is 9.52. The van der Waals surface area contributed by atoms with E-state index in [0.29, 0.717) is 12.5 Å². The van der Waals surface area contributed by atoms with E-state index in [9.17, 15) is 0 Å². The molecule has 0 amide bonds. The molecule has 1 fully saturated rings. The van der Waals surface area contributed by atoms with Crippen molar-refractivity contribution in [2.24, 2.45) is 5.92 Å². The van der Waals surface area contributed by atoms with Crippen LogP contribution in [0.25, 0.3) is 16.8 Å². The van der Waals surface area contributed by atoms with Crippen molar-refractivity contribution in [3.8, 4) is 22.8 Å². The molecule has 1 aliphatic rings.